The molecule has 1 aromatic rings. The van der Waals surface area contributed by atoms with Crippen molar-refractivity contribution in [3.05, 3.63) is 35.9 Å². The summed E-state index contributed by atoms with van der Waals surface area (Å²) in [7, 11) is 0. The van der Waals surface area contributed by atoms with Gasteiger partial charge in [0, 0.05) is 6.42 Å². The van der Waals surface area contributed by atoms with Crippen molar-refractivity contribution in [2.75, 3.05) is 19.8 Å². The number of ether oxygens (including phenoxy) is 2. The molecule has 0 unspecified atom stereocenters. The van der Waals surface area contributed by atoms with Crippen molar-refractivity contribution >= 4 is 17.7 Å². The zero-order valence-corrected chi connectivity index (χ0v) is 12.2. The molecule has 114 valence electrons. The molecule has 0 aliphatic carbocycles. The summed E-state index contributed by atoms with van der Waals surface area (Å²) in [6.45, 7) is 3.79. The fourth-order valence-electron chi connectivity index (χ4n) is 1.48. The highest BCUT2D eigenvalue weighted by Gasteiger charge is 2.24. The van der Waals surface area contributed by atoms with Gasteiger partial charge in [0.2, 0.25) is 0 Å². The number of carbonyl (C=O) groups excluding carboxylic acids is 2. The van der Waals surface area contributed by atoms with E-state index in [0.717, 1.165) is 5.56 Å². The van der Waals surface area contributed by atoms with Crippen molar-refractivity contribution in [3.8, 4) is 0 Å². The average Bonchev–Trinajstić information content (AvgIpc) is 2.48. The maximum Gasteiger partial charge on any atom is 0.368 e. The topological polar surface area (TPSA) is 74.2 Å². The molecular formula is C15H19NO5. The highest BCUT2D eigenvalue weighted by atomic mass is 16.6. The highest BCUT2D eigenvalue weighted by molar-refractivity contribution is 6.62. The Kier molecular flexibility index (Phi) is 7.56. The largest absolute Gasteiger partial charge is 0.461 e. The van der Waals surface area contributed by atoms with Crippen LogP contribution in [-0.4, -0.2) is 37.5 Å². The Labute approximate surface area is 123 Å². The summed E-state index contributed by atoms with van der Waals surface area (Å²) >= 11 is 0. The number of hydrogen-bond donors (Lipinski definition) is 0. The summed E-state index contributed by atoms with van der Waals surface area (Å²) in [6.07, 6.45) is 0.614. The van der Waals surface area contributed by atoms with Crippen LogP contribution in [0.1, 0.15) is 19.4 Å². The summed E-state index contributed by atoms with van der Waals surface area (Å²) in [5, 5.41) is 3.54. The monoisotopic (exact) mass is 293 g/mol. The lowest BCUT2D eigenvalue weighted by Crippen LogP contribution is -2.28. The molecule has 0 atom stereocenters. The maximum atomic E-state index is 11.6. The van der Waals surface area contributed by atoms with E-state index >= 15 is 0 Å². The number of rotatable bonds is 8. The lowest BCUT2D eigenvalue weighted by Gasteiger charge is -2.05. The van der Waals surface area contributed by atoms with E-state index in [2.05, 4.69) is 5.16 Å². The molecule has 0 heterocycles. The van der Waals surface area contributed by atoms with Gasteiger partial charge in [0.1, 0.15) is 6.61 Å². The summed E-state index contributed by atoms with van der Waals surface area (Å²) in [5.41, 5.74) is 0.591. The zero-order chi connectivity index (χ0) is 15.5. The summed E-state index contributed by atoms with van der Waals surface area (Å²) < 4.78 is 9.47. The number of hydrogen-bond acceptors (Lipinski definition) is 6. The number of carbonyl (C=O) groups is 2. The summed E-state index contributed by atoms with van der Waals surface area (Å²) in [6, 6.07) is 9.65. The molecule has 0 aromatic heterocycles. The lowest BCUT2D eigenvalue weighted by atomic mass is 10.2. The fourth-order valence-corrected chi connectivity index (χ4v) is 1.48. The van der Waals surface area contributed by atoms with E-state index in [1.807, 2.05) is 30.3 Å². The van der Waals surface area contributed by atoms with Crippen molar-refractivity contribution in [3.63, 3.8) is 0 Å². The summed E-state index contributed by atoms with van der Waals surface area (Å²) in [5.74, 6) is -1.70. The Morgan fingerprint density at radius 3 is 2.10 bits per heavy atom. The van der Waals surface area contributed by atoms with Crippen LogP contribution in [0.2, 0.25) is 0 Å². The van der Waals surface area contributed by atoms with Crippen LogP contribution in [0.3, 0.4) is 0 Å². The van der Waals surface area contributed by atoms with Crippen LogP contribution in [0.4, 0.5) is 0 Å². The SMILES string of the molecule is CCOC(=O)C(=NOCCc1ccccc1)C(=O)OCC. The van der Waals surface area contributed by atoms with Gasteiger partial charge in [-0.3, -0.25) is 0 Å². The van der Waals surface area contributed by atoms with Gasteiger partial charge in [0.15, 0.2) is 0 Å². The second kappa shape index (κ2) is 9.52. The molecule has 0 bridgehead atoms. The number of oxime groups is 1. The van der Waals surface area contributed by atoms with Crippen molar-refractivity contribution in [1.82, 2.24) is 0 Å². The maximum absolute atomic E-state index is 11.6. The molecule has 0 aliphatic heterocycles. The van der Waals surface area contributed by atoms with Crippen LogP contribution in [-0.2, 0) is 30.3 Å². The normalized spacial score (nSPS) is 9.62. The first-order valence-corrected chi connectivity index (χ1v) is 6.77. The minimum atomic E-state index is -0.851. The van der Waals surface area contributed by atoms with E-state index in [9.17, 15) is 9.59 Å². The molecule has 6 heteroatoms. The van der Waals surface area contributed by atoms with Gasteiger partial charge in [-0.2, -0.15) is 0 Å². The van der Waals surface area contributed by atoms with E-state index < -0.39 is 17.7 Å². The molecule has 6 nitrogen and oxygen atoms in total. The molecular weight excluding hydrogens is 274 g/mol. The smallest absolute Gasteiger partial charge is 0.368 e. The predicted octanol–water partition coefficient (Wildman–Crippen LogP) is 1.73. The Balaban J connectivity index is 2.57. The molecule has 1 rings (SSSR count). The van der Waals surface area contributed by atoms with Gasteiger partial charge in [-0.05, 0) is 19.4 Å². The molecule has 0 N–H and O–H groups in total. The molecule has 0 radical (unpaired) electrons. The first-order valence-electron chi connectivity index (χ1n) is 6.77. The van der Waals surface area contributed by atoms with Gasteiger partial charge in [-0.25, -0.2) is 9.59 Å². The zero-order valence-electron chi connectivity index (χ0n) is 12.2. The molecule has 0 fully saturated rings. The minimum absolute atomic E-state index is 0.140. The third-order valence-electron chi connectivity index (χ3n) is 2.42. The van der Waals surface area contributed by atoms with Crippen molar-refractivity contribution in [1.29, 1.82) is 0 Å². The van der Waals surface area contributed by atoms with E-state index in [1.54, 1.807) is 13.8 Å². The van der Waals surface area contributed by atoms with Crippen LogP contribution in [0, 0.1) is 0 Å². The minimum Gasteiger partial charge on any atom is -0.461 e. The second-order valence-corrected chi connectivity index (χ2v) is 3.95. The van der Waals surface area contributed by atoms with Gasteiger partial charge in [-0.1, -0.05) is 35.5 Å². The third-order valence-corrected chi connectivity index (χ3v) is 2.42. The number of esters is 2. The van der Waals surface area contributed by atoms with Gasteiger partial charge < -0.3 is 14.3 Å². The van der Waals surface area contributed by atoms with Crippen molar-refractivity contribution < 1.29 is 23.9 Å². The standard InChI is InChI=1S/C15H19NO5/c1-3-19-14(17)13(15(18)20-4-2)16-21-11-10-12-8-6-5-7-9-12/h5-9H,3-4,10-11H2,1-2H3. The number of nitrogens with zero attached hydrogens (tertiary/aromatic N) is 1. The Morgan fingerprint density at radius 2 is 1.57 bits per heavy atom. The average molecular weight is 293 g/mol. The second-order valence-electron chi connectivity index (χ2n) is 3.95. The van der Waals surface area contributed by atoms with Gasteiger partial charge in [0.05, 0.1) is 13.2 Å². The van der Waals surface area contributed by atoms with Crippen LogP contribution in [0.5, 0.6) is 0 Å². The van der Waals surface area contributed by atoms with Gasteiger partial charge >= 0.3 is 11.9 Å². The van der Waals surface area contributed by atoms with Crippen LogP contribution >= 0.6 is 0 Å². The van der Waals surface area contributed by atoms with E-state index in [4.69, 9.17) is 14.3 Å². The molecule has 21 heavy (non-hydrogen) atoms. The summed E-state index contributed by atoms with van der Waals surface area (Å²) in [4.78, 5) is 28.2. The Morgan fingerprint density at radius 1 is 1.00 bits per heavy atom. The quantitative estimate of drug-likeness (QED) is 0.240. The Hall–Kier alpha value is -2.37. The predicted molar refractivity (Wildman–Crippen MR) is 76.8 cm³/mol. The Bertz CT molecular complexity index is 464. The molecule has 1 aromatic carbocycles. The van der Waals surface area contributed by atoms with Crippen molar-refractivity contribution in [2.45, 2.75) is 20.3 Å². The van der Waals surface area contributed by atoms with Gasteiger partial charge in [0.25, 0.3) is 5.71 Å². The lowest BCUT2D eigenvalue weighted by molar-refractivity contribution is -0.140. The van der Waals surface area contributed by atoms with E-state index in [-0.39, 0.29) is 19.8 Å². The molecule has 0 amide bonds. The fraction of sp³-hybridized carbons (Fsp3) is 0.400. The van der Waals surface area contributed by atoms with Crippen LogP contribution < -0.4 is 0 Å². The van der Waals surface area contributed by atoms with Crippen LogP contribution in [0.15, 0.2) is 35.5 Å². The molecule has 0 spiro atoms. The third kappa shape index (κ3) is 6.07. The number of benzene rings is 1. The molecule has 0 aliphatic rings. The van der Waals surface area contributed by atoms with Gasteiger partial charge in [-0.15, -0.1) is 0 Å². The van der Waals surface area contributed by atoms with E-state index in [0.29, 0.717) is 6.42 Å². The first kappa shape index (κ1) is 16.7. The highest BCUT2D eigenvalue weighted by Crippen LogP contribution is 2.00. The molecule has 0 saturated heterocycles. The van der Waals surface area contributed by atoms with Crippen molar-refractivity contribution in [2.24, 2.45) is 5.16 Å². The molecule has 0 saturated carbocycles. The first-order chi connectivity index (χ1) is 10.2. The van der Waals surface area contributed by atoms with Crippen LogP contribution in [0.25, 0.3) is 0 Å². The van der Waals surface area contributed by atoms with E-state index in [1.165, 1.54) is 0 Å².